The fourth-order valence-corrected chi connectivity index (χ4v) is 3.83. The molecule has 0 aliphatic heterocycles. The summed E-state index contributed by atoms with van der Waals surface area (Å²) in [5.41, 5.74) is 6.53. The number of nitrogens with zero attached hydrogens (tertiary/aromatic N) is 1. The van der Waals surface area contributed by atoms with E-state index in [-0.39, 0.29) is 17.9 Å². The molecule has 1 saturated carbocycles. The van der Waals surface area contributed by atoms with Crippen LogP contribution in [0.1, 0.15) is 35.4 Å². The first-order chi connectivity index (χ1) is 10.2. The van der Waals surface area contributed by atoms with Crippen LogP contribution in [0.25, 0.3) is 10.2 Å². The van der Waals surface area contributed by atoms with E-state index in [4.69, 9.17) is 5.73 Å². The highest BCUT2D eigenvalue weighted by molar-refractivity contribution is 7.21. The van der Waals surface area contributed by atoms with Crippen LogP contribution in [-0.2, 0) is 0 Å². The number of nitrogens with one attached hydrogen (secondary N) is 1. The SMILES string of the molecule is Nc1c(C(=O)NCC2CCCCC2O)sc2ncccc12. The first kappa shape index (κ1) is 14.3. The predicted octanol–water partition coefficient (Wildman–Crippen LogP) is 2.16. The maximum Gasteiger partial charge on any atom is 0.263 e. The maximum atomic E-state index is 12.3. The van der Waals surface area contributed by atoms with E-state index in [1.54, 1.807) is 6.20 Å². The lowest BCUT2D eigenvalue weighted by molar-refractivity contribution is 0.0664. The Morgan fingerprint density at radius 2 is 2.29 bits per heavy atom. The molecule has 0 spiro atoms. The van der Waals surface area contributed by atoms with E-state index in [1.165, 1.54) is 11.3 Å². The van der Waals surface area contributed by atoms with Crippen molar-refractivity contribution in [3.05, 3.63) is 23.2 Å². The number of aromatic nitrogens is 1. The number of pyridine rings is 1. The normalized spacial score (nSPS) is 22.3. The molecule has 0 radical (unpaired) electrons. The van der Waals surface area contributed by atoms with Gasteiger partial charge in [0.25, 0.3) is 5.91 Å². The van der Waals surface area contributed by atoms with Gasteiger partial charge in [0, 0.05) is 24.0 Å². The molecule has 21 heavy (non-hydrogen) atoms. The molecular formula is C15H19N3O2S. The molecule has 1 aliphatic rings. The summed E-state index contributed by atoms with van der Waals surface area (Å²) in [6.07, 6.45) is 5.37. The van der Waals surface area contributed by atoms with Crippen molar-refractivity contribution in [2.24, 2.45) is 5.92 Å². The number of carbonyl (C=O) groups is 1. The second-order valence-electron chi connectivity index (χ2n) is 5.52. The average molecular weight is 305 g/mol. The van der Waals surface area contributed by atoms with Crippen LogP contribution >= 0.6 is 11.3 Å². The van der Waals surface area contributed by atoms with Gasteiger partial charge in [0.1, 0.15) is 9.71 Å². The molecule has 2 aromatic heterocycles. The Kier molecular flexibility index (Phi) is 4.07. The summed E-state index contributed by atoms with van der Waals surface area (Å²) in [4.78, 5) is 17.8. The van der Waals surface area contributed by atoms with Gasteiger partial charge in [-0.05, 0) is 25.0 Å². The number of amides is 1. The minimum atomic E-state index is -0.305. The minimum absolute atomic E-state index is 0.149. The molecular weight excluding hydrogens is 286 g/mol. The Bertz CT molecular complexity index is 655. The number of nitrogens with two attached hydrogens (primary N) is 1. The first-order valence-electron chi connectivity index (χ1n) is 7.26. The molecule has 0 bridgehead atoms. The molecule has 2 aromatic rings. The lowest BCUT2D eigenvalue weighted by atomic mass is 9.86. The second-order valence-corrected chi connectivity index (χ2v) is 6.52. The maximum absolute atomic E-state index is 12.3. The molecule has 2 unspecified atom stereocenters. The van der Waals surface area contributed by atoms with Gasteiger partial charge in [0.05, 0.1) is 11.8 Å². The van der Waals surface area contributed by atoms with Gasteiger partial charge < -0.3 is 16.2 Å². The zero-order valence-electron chi connectivity index (χ0n) is 11.7. The van der Waals surface area contributed by atoms with Crippen molar-refractivity contribution in [1.82, 2.24) is 10.3 Å². The van der Waals surface area contributed by atoms with Crippen molar-refractivity contribution in [2.75, 3.05) is 12.3 Å². The largest absolute Gasteiger partial charge is 0.397 e. The lowest BCUT2D eigenvalue weighted by Gasteiger charge is -2.27. The smallest absolute Gasteiger partial charge is 0.263 e. The molecule has 0 aromatic carbocycles. The van der Waals surface area contributed by atoms with Gasteiger partial charge in [-0.25, -0.2) is 4.98 Å². The third-order valence-corrected chi connectivity index (χ3v) is 5.23. The van der Waals surface area contributed by atoms with Crippen molar-refractivity contribution in [1.29, 1.82) is 0 Å². The number of thiophene rings is 1. The van der Waals surface area contributed by atoms with Gasteiger partial charge in [-0.15, -0.1) is 11.3 Å². The molecule has 3 rings (SSSR count). The molecule has 0 saturated heterocycles. The van der Waals surface area contributed by atoms with Crippen LogP contribution < -0.4 is 11.1 Å². The van der Waals surface area contributed by atoms with Gasteiger partial charge >= 0.3 is 0 Å². The summed E-state index contributed by atoms with van der Waals surface area (Å²) in [6.45, 7) is 0.501. The summed E-state index contributed by atoms with van der Waals surface area (Å²) in [5.74, 6) is -0.0234. The Labute approximate surface area is 127 Å². The van der Waals surface area contributed by atoms with Crippen molar-refractivity contribution in [3.8, 4) is 0 Å². The fourth-order valence-electron chi connectivity index (χ4n) is 2.85. The Hall–Kier alpha value is -1.66. The van der Waals surface area contributed by atoms with Crippen molar-refractivity contribution < 1.29 is 9.90 Å². The third-order valence-electron chi connectivity index (χ3n) is 4.10. The van der Waals surface area contributed by atoms with Gasteiger partial charge in [-0.1, -0.05) is 12.8 Å². The Morgan fingerprint density at radius 3 is 3.05 bits per heavy atom. The fraction of sp³-hybridized carbons (Fsp3) is 0.467. The van der Waals surface area contributed by atoms with Gasteiger partial charge in [0.15, 0.2) is 0 Å². The van der Waals surface area contributed by atoms with E-state index >= 15 is 0 Å². The van der Waals surface area contributed by atoms with Crippen LogP contribution in [0.4, 0.5) is 5.69 Å². The minimum Gasteiger partial charge on any atom is -0.397 e. The number of fused-ring (bicyclic) bond motifs is 1. The van der Waals surface area contributed by atoms with Gasteiger partial charge in [-0.2, -0.15) is 0 Å². The van der Waals surface area contributed by atoms with Crippen LogP contribution in [-0.4, -0.2) is 28.6 Å². The zero-order valence-corrected chi connectivity index (χ0v) is 12.5. The van der Waals surface area contributed by atoms with Crippen molar-refractivity contribution >= 4 is 33.1 Å². The third kappa shape index (κ3) is 2.87. The number of aliphatic hydroxyl groups excluding tert-OH is 1. The van der Waals surface area contributed by atoms with E-state index in [1.807, 2.05) is 12.1 Å². The molecule has 1 aliphatic carbocycles. The highest BCUT2D eigenvalue weighted by Crippen LogP contribution is 2.32. The average Bonchev–Trinajstić information content (AvgIpc) is 2.84. The first-order valence-corrected chi connectivity index (χ1v) is 8.07. The standard InChI is InChI=1S/C15H19N3O2S/c16-12-10-5-3-7-17-15(10)21-13(12)14(20)18-8-9-4-1-2-6-11(9)19/h3,5,7,9,11,19H,1-2,4,6,8,16H2,(H,18,20). The number of hydrogen-bond donors (Lipinski definition) is 3. The summed E-state index contributed by atoms with van der Waals surface area (Å²) in [7, 11) is 0. The number of anilines is 1. The van der Waals surface area contributed by atoms with Gasteiger partial charge in [-0.3, -0.25) is 4.79 Å². The van der Waals surface area contributed by atoms with Crippen LogP contribution in [0.3, 0.4) is 0 Å². The second kappa shape index (κ2) is 5.99. The highest BCUT2D eigenvalue weighted by atomic mass is 32.1. The van der Waals surface area contributed by atoms with Crippen molar-refractivity contribution in [3.63, 3.8) is 0 Å². The summed E-state index contributed by atoms with van der Waals surface area (Å²) < 4.78 is 0. The quantitative estimate of drug-likeness (QED) is 0.811. The predicted molar refractivity (Wildman–Crippen MR) is 84.3 cm³/mol. The molecule has 1 amide bonds. The monoisotopic (exact) mass is 305 g/mol. The number of rotatable bonds is 3. The number of hydrogen-bond acceptors (Lipinski definition) is 5. The zero-order chi connectivity index (χ0) is 14.8. The van der Waals surface area contributed by atoms with E-state index in [0.29, 0.717) is 17.1 Å². The van der Waals surface area contributed by atoms with E-state index in [2.05, 4.69) is 10.3 Å². The van der Waals surface area contributed by atoms with E-state index < -0.39 is 0 Å². The summed E-state index contributed by atoms with van der Waals surface area (Å²) in [6, 6.07) is 3.68. The number of aliphatic hydroxyl groups is 1. The molecule has 1 fully saturated rings. The van der Waals surface area contributed by atoms with Crippen LogP contribution in [0.2, 0.25) is 0 Å². The molecule has 112 valence electrons. The van der Waals surface area contributed by atoms with E-state index in [0.717, 1.165) is 35.9 Å². The Morgan fingerprint density at radius 1 is 1.48 bits per heavy atom. The topological polar surface area (TPSA) is 88.2 Å². The molecule has 5 nitrogen and oxygen atoms in total. The van der Waals surface area contributed by atoms with E-state index in [9.17, 15) is 9.90 Å². The lowest BCUT2D eigenvalue weighted by Crippen LogP contribution is -2.36. The number of nitrogen functional groups attached to an aromatic ring is 1. The van der Waals surface area contributed by atoms with Crippen molar-refractivity contribution in [2.45, 2.75) is 31.8 Å². The van der Waals surface area contributed by atoms with Gasteiger partial charge in [0.2, 0.25) is 0 Å². The molecule has 4 N–H and O–H groups in total. The van der Waals surface area contributed by atoms with Crippen LogP contribution in [0.5, 0.6) is 0 Å². The summed E-state index contributed by atoms with van der Waals surface area (Å²) >= 11 is 1.31. The molecule has 6 heteroatoms. The highest BCUT2D eigenvalue weighted by Gasteiger charge is 2.24. The summed E-state index contributed by atoms with van der Waals surface area (Å²) in [5, 5.41) is 13.7. The molecule has 2 heterocycles. The Balaban J connectivity index is 1.70. The van der Waals surface area contributed by atoms with Crippen LogP contribution in [0.15, 0.2) is 18.3 Å². The number of carbonyl (C=O) groups excluding carboxylic acids is 1. The van der Waals surface area contributed by atoms with Crippen LogP contribution in [0, 0.1) is 5.92 Å². The molecule has 2 atom stereocenters.